The lowest BCUT2D eigenvalue weighted by molar-refractivity contribution is 0.337. The molecule has 5 heteroatoms. The van der Waals surface area contributed by atoms with Crippen molar-refractivity contribution in [2.45, 2.75) is 50.3 Å². The van der Waals surface area contributed by atoms with Crippen LogP contribution in [0.4, 0.5) is 0 Å². The standard InChI is InChI=1S/C11H19N3OS/c1-3-5-8(12)9-13-10(15-14-9)11(2)6-4-7-16-11/h8H,3-7,12H2,1-2H3. The van der Waals surface area contributed by atoms with Crippen molar-refractivity contribution in [3.63, 3.8) is 0 Å². The monoisotopic (exact) mass is 241 g/mol. The molecule has 2 N–H and O–H groups in total. The SMILES string of the molecule is CCCC(N)c1noc(C2(C)CCCS2)n1. The zero-order chi connectivity index (χ0) is 11.6. The molecule has 90 valence electrons. The summed E-state index contributed by atoms with van der Waals surface area (Å²) in [6.07, 6.45) is 4.28. The second-order valence-corrected chi connectivity index (χ2v) is 6.13. The molecule has 16 heavy (non-hydrogen) atoms. The molecule has 0 saturated carbocycles. The van der Waals surface area contributed by atoms with E-state index in [2.05, 4.69) is 24.0 Å². The minimum Gasteiger partial charge on any atom is -0.338 e. The summed E-state index contributed by atoms with van der Waals surface area (Å²) in [5.41, 5.74) is 5.97. The molecule has 0 radical (unpaired) electrons. The Morgan fingerprint density at radius 2 is 2.44 bits per heavy atom. The van der Waals surface area contributed by atoms with E-state index in [0.717, 1.165) is 25.2 Å². The minimum atomic E-state index is -0.0856. The predicted octanol–water partition coefficient (Wildman–Crippen LogP) is 2.61. The average molecular weight is 241 g/mol. The Morgan fingerprint density at radius 1 is 1.62 bits per heavy atom. The van der Waals surface area contributed by atoms with Gasteiger partial charge in [-0.2, -0.15) is 4.98 Å². The number of aromatic nitrogens is 2. The third-order valence-corrected chi connectivity index (χ3v) is 4.55. The van der Waals surface area contributed by atoms with Crippen molar-refractivity contribution < 1.29 is 4.52 Å². The second kappa shape index (κ2) is 4.75. The lowest BCUT2D eigenvalue weighted by atomic mass is 10.1. The van der Waals surface area contributed by atoms with Crippen LogP contribution in [-0.4, -0.2) is 15.9 Å². The van der Waals surface area contributed by atoms with Gasteiger partial charge in [-0.3, -0.25) is 0 Å². The van der Waals surface area contributed by atoms with Crippen molar-refractivity contribution in [3.8, 4) is 0 Å². The van der Waals surface area contributed by atoms with Crippen molar-refractivity contribution in [1.82, 2.24) is 10.1 Å². The Kier molecular flexibility index (Phi) is 3.54. The zero-order valence-electron chi connectivity index (χ0n) is 9.90. The van der Waals surface area contributed by atoms with Gasteiger partial charge in [-0.15, -0.1) is 11.8 Å². The van der Waals surface area contributed by atoms with Crippen molar-refractivity contribution >= 4 is 11.8 Å². The third-order valence-electron chi connectivity index (χ3n) is 3.04. The van der Waals surface area contributed by atoms with Crippen LogP contribution in [0.5, 0.6) is 0 Å². The number of hydrogen-bond donors (Lipinski definition) is 1. The van der Waals surface area contributed by atoms with Crippen LogP contribution >= 0.6 is 11.8 Å². The van der Waals surface area contributed by atoms with Gasteiger partial charge in [0.1, 0.15) is 0 Å². The molecule has 1 aromatic rings. The van der Waals surface area contributed by atoms with Crippen LogP contribution in [0, 0.1) is 0 Å². The van der Waals surface area contributed by atoms with Gasteiger partial charge < -0.3 is 10.3 Å². The van der Waals surface area contributed by atoms with Crippen LogP contribution in [0.2, 0.25) is 0 Å². The number of hydrogen-bond acceptors (Lipinski definition) is 5. The van der Waals surface area contributed by atoms with E-state index in [9.17, 15) is 0 Å². The molecule has 2 heterocycles. The van der Waals surface area contributed by atoms with Gasteiger partial charge in [-0.05, 0) is 31.9 Å². The molecule has 2 rings (SSSR count). The summed E-state index contributed by atoms with van der Waals surface area (Å²) in [5, 5.41) is 4.00. The molecule has 1 aliphatic heterocycles. The lowest BCUT2D eigenvalue weighted by Crippen LogP contribution is -2.15. The van der Waals surface area contributed by atoms with E-state index >= 15 is 0 Å². The fraction of sp³-hybridized carbons (Fsp3) is 0.818. The van der Waals surface area contributed by atoms with Gasteiger partial charge in [0.05, 0.1) is 10.8 Å². The van der Waals surface area contributed by atoms with Crippen LogP contribution in [0.25, 0.3) is 0 Å². The molecular formula is C11H19N3OS. The van der Waals surface area contributed by atoms with Crippen molar-refractivity contribution in [2.24, 2.45) is 5.73 Å². The molecule has 1 fully saturated rings. The molecule has 0 aliphatic carbocycles. The summed E-state index contributed by atoms with van der Waals surface area (Å²) >= 11 is 1.90. The molecule has 4 nitrogen and oxygen atoms in total. The molecule has 1 aromatic heterocycles. The fourth-order valence-electron chi connectivity index (χ4n) is 1.99. The van der Waals surface area contributed by atoms with E-state index in [-0.39, 0.29) is 10.8 Å². The van der Waals surface area contributed by atoms with Crippen molar-refractivity contribution in [2.75, 3.05) is 5.75 Å². The summed E-state index contributed by atoms with van der Waals surface area (Å²) in [6.45, 7) is 4.28. The van der Waals surface area contributed by atoms with Crippen LogP contribution in [0.1, 0.15) is 57.3 Å². The van der Waals surface area contributed by atoms with E-state index < -0.39 is 0 Å². The van der Waals surface area contributed by atoms with Gasteiger partial charge in [0.2, 0.25) is 5.89 Å². The van der Waals surface area contributed by atoms with Crippen LogP contribution in [0.3, 0.4) is 0 Å². The summed E-state index contributed by atoms with van der Waals surface area (Å²) < 4.78 is 5.37. The maximum atomic E-state index is 5.97. The number of rotatable bonds is 4. The zero-order valence-corrected chi connectivity index (χ0v) is 10.7. The Balaban J connectivity index is 2.12. The van der Waals surface area contributed by atoms with Gasteiger partial charge in [0, 0.05) is 0 Å². The van der Waals surface area contributed by atoms with Gasteiger partial charge in [0.15, 0.2) is 5.82 Å². The Labute approximate surface area is 100 Å². The topological polar surface area (TPSA) is 64.9 Å². The Bertz CT molecular complexity index is 347. The maximum absolute atomic E-state index is 5.97. The highest BCUT2D eigenvalue weighted by Gasteiger charge is 2.37. The first-order chi connectivity index (χ1) is 7.65. The van der Waals surface area contributed by atoms with Gasteiger partial charge in [-0.1, -0.05) is 18.5 Å². The van der Waals surface area contributed by atoms with E-state index in [1.54, 1.807) is 0 Å². The van der Waals surface area contributed by atoms with Gasteiger partial charge >= 0.3 is 0 Å². The Morgan fingerprint density at radius 3 is 3.06 bits per heavy atom. The lowest BCUT2D eigenvalue weighted by Gasteiger charge is -2.16. The number of nitrogens with zero attached hydrogens (tertiary/aromatic N) is 2. The second-order valence-electron chi connectivity index (χ2n) is 4.54. The smallest absolute Gasteiger partial charge is 0.242 e. The first-order valence-corrected chi connectivity index (χ1v) is 6.88. The summed E-state index contributed by atoms with van der Waals surface area (Å²) in [4.78, 5) is 4.46. The molecule has 0 bridgehead atoms. The van der Waals surface area contributed by atoms with Gasteiger partial charge in [-0.25, -0.2) is 0 Å². The van der Waals surface area contributed by atoms with Crippen molar-refractivity contribution in [3.05, 3.63) is 11.7 Å². The molecule has 1 aliphatic rings. The first kappa shape index (κ1) is 11.9. The highest BCUT2D eigenvalue weighted by atomic mass is 32.2. The third kappa shape index (κ3) is 2.25. The molecule has 0 spiro atoms. The first-order valence-electron chi connectivity index (χ1n) is 5.89. The van der Waals surface area contributed by atoms with Crippen molar-refractivity contribution in [1.29, 1.82) is 0 Å². The minimum absolute atomic E-state index is 0.0111. The summed E-state index contributed by atoms with van der Waals surface area (Å²) in [5.74, 6) is 2.58. The van der Waals surface area contributed by atoms with E-state index in [0.29, 0.717) is 5.82 Å². The summed E-state index contributed by atoms with van der Waals surface area (Å²) in [6, 6.07) is -0.0856. The normalized spacial score (nSPS) is 27.2. The van der Waals surface area contributed by atoms with Crippen LogP contribution in [0.15, 0.2) is 4.52 Å². The predicted molar refractivity (Wildman–Crippen MR) is 65.2 cm³/mol. The molecular weight excluding hydrogens is 222 g/mol. The van der Waals surface area contributed by atoms with Gasteiger partial charge in [0.25, 0.3) is 0 Å². The molecule has 0 amide bonds. The highest BCUT2D eigenvalue weighted by Crippen LogP contribution is 2.45. The fourth-order valence-corrected chi connectivity index (χ4v) is 3.22. The molecule has 2 atom stereocenters. The quantitative estimate of drug-likeness (QED) is 0.877. The summed E-state index contributed by atoms with van der Waals surface area (Å²) in [7, 11) is 0. The number of nitrogens with two attached hydrogens (primary N) is 1. The molecule has 2 unspecified atom stereocenters. The molecule has 1 saturated heterocycles. The highest BCUT2D eigenvalue weighted by molar-refractivity contribution is 8.00. The maximum Gasteiger partial charge on any atom is 0.242 e. The molecule has 0 aromatic carbocycles. The van der Waals surface area contributed by atoms with E-state index in [4.69, 9.17) is 10.3 Å². The van der Waals surface area contributed by atoms with Crippen LogP contribution < -0.4 is 5.73 Å². The van der Waals surface area contributed by atoms with E-state index in [1.165, 1.54) is 12.2 Å². The number of thioether (sulfide) groups is 1. The average Bonchev–Trinajstić information content (AvgIpc) is 2.86. The Hall–Kier alpha value is -0.550. The van der Waals surface area contributed by atoms with E-state index in [1.807, 2.05) is 11.8 Å². The van der Waals surface area contributed by atoms with Crippen LogP contribution in [-0.2, 0) is 4.75 Å². The largest absolute Gasteiger partial charge is 0.338 e.